The van der Waals surface area contributed by atoms with Gasteiger partial charge in [0.2, 0.25) is 4.77 Å². The summed E-state index contributed by atoms with van der Waals surface area (Å²) in [4.78, 5) is 11.5. The molecule has 0 saturated carbocycles. The average Bonchev–Trinajstić information content (AvgIpc) is 2.92. The van der Waals surface area contributed by atoms with Crippen LogP contribution in [-0.4, -0.2) is 45.3 Å². The SMILES string of the molecule is Cc1cc(C)n2c(=S)n(C[NH+]3CCN(c4cc[nH+]cc4)CC3)nc2n1. The summed E-state index contributed by atoms with van der Waals surface area (Å²) in [5.41, 5.74) is 3.33. The van der Waals surface area contributed by atoms with E-state index < -0.39 is 0 Å². The molecule has 1 saturated heterocycles. The molecule has 1 aliphatic rings. The van der Waals surface area contributed by atoms with Gasteiger partial charge in [0.25, 0.3) is 5.78 Å². The van der Waals surface area contributed by atoms with Crippen molar-refractivity contribution in [3.63, 3.8) is 0 Å². The van der Waals surface area contributed by atoms with Crippen LogP contribution in [0.3, 0.4) is 0 Å². The van der Waals surface area contributed by atoms with E-state index in [0.717, 1.165) is 49.0 Å². The summed E-state index contributed by atoms with van der Waals surface area (Å²) >= 11 is 5.62. The molecule has 0 aliphatic carbocycles. The quantitative estimate of drug-likeness (QED) is 0.673. The maximum absolute atomic E-state index is 5.62. The fourth-order valence-electron chi connectivity index (χ4n) is 3.48. The Balaban J connectivity index is 1.49. The lowest BCUT2D eigenvalue weighted by Crippen LogP contribution is -3.14. The van der Waals surface area contributed by atoms with Gasteiger partial charge in [0.1, 0.15) is 0 Å². The molecular weight excluding hydrogens is 334 g/mol. The van der Waals surface area contributed by atoms with Crippen molar-refractivity contribution in [2.75, 3.05) is 31.1 Å². The van der Waals surface area contributed by atoms with E-state index in [0.29, 0.717) is 5.78 Å². The third-order valence-corrected chi connectivity index (χ3v) is 5.17. The first-order valence-corrected chi connectivity index (χ1v) is 9.01. The molecule has 4 heterocycles. The largest absolute Gasteiger partial charge is 0.360 e. The van der Waals surface area contributed by atoms with Crippen LogP contribution in [-0.2, 0) is 6.67 Å². The summed E-state index contributed by atoms with van der Waals surface area (Å²) in [6, 6.07) is 6.29. The van der Waals surface area contributed by atoms with Crippen molar-refractivity contribution in [3.05, 3.63) is 46.8 Å². The molecule has 3 aromatic rings. The second-order valence-corrected chi connectivity index (χ2v) is 6.97. The van der Waals surface area contributed by atoms with Crippen molar-refractivity contribution in [2.24, 2.45) is 0 Å². The minimum atomic E-state index is 0.695. The molecule has 8 heteroatoms. The number of nitrogens with one attached hydrogen (secondary N) is 2. The highest BCUT2D eigenvalue weighted by Gasteiger charge is 2.22. The molecule has 1 fully saturated rings. The zero-order chi connectivity index (χ0) is 17.4. The zero-order valence-corrected chi connectivity index (χ0v) is 15.4. The lowest BCUT2D eigenvalue weighted by molar-refractivity contribution is -0.924. The summed E-state index contributed by atoms with van der Waals surface area (Å²) in [6.07, 6.45) is 3.95. The minimum Gasteiger partial charge on any atom is -0.360 e. The smallest absolute Gasteiger partial charge is 0.254 e. The van der Waals surface area contributed by atoms with Crippen molar-refractivity contribution >= 4 is 23.7 Å². The number of H-pyrrole nitrogens is 1. The second kappa shape index (κ2) is 6.53. The second-order valence-electron chi connectivity index (χ2n) is 6.61. The van der Waals surface area contributed by atoms with E-state index in [4.69, 9.17) is 12.2 Å². The van der Waals surface area contributed by atoms with Gasteiger partial charge in [-0.1, -0.05) is 0 Å². The van der Waals surface area contributed by atoms with Crippen LogP contribution in [0.1, 0.15) is 11.4 Å². The van der Waals surface area contributed by atoms with Crippen LogP contribution in [0.2, 0.25) is 0 Å². The van der Waals surface area contributed by atoms with Gasteiger partial charge in [-0.25, -0.2) is 9.97 Å². The number of aromatic nitrogens is 5. The Hall–Kier alpha value is -2.32. The van der Waals surface area contributed by atoms with E-state index in [1.54, 1.807) is 0 Å². The summed E-state index contributed by atoms with van der Waals surface area (Å²) in [5.74, 6) is 0.695. The summed E-state index contributed by atoms with van der Waals surface area (Å²) in [6.45, 7) is 9.04. The molecule has 4 rings (SSSR count). The Labute approximate surface area is 151 Å². The first-order chi connectivity index (χ1) is 12.1. The third-order valence-electron chi connectivity index (χ3n) is 4.78. The van der Waals surface area contributed by atoms with Gasteiger partial charge in [0.15, 0.2) is 19.1 Å². The predicted octanol–water partition coefficient (Wildman–Crippen LogP) is 0.0538. The van der Waals surface area contributed by atoms with Crippen LogP contribution in [0.25, 0.3) is 5.78 Å². The van der Waals surface area contributed by atoms with Gasteiger partial charge in [-0.05, 0) is 32.1 Å². The Morgan fingerprint density at radius 2 is 1.92 bits per heavy atom. The number of piperazine rings is 1. The number of hydrogen-bond acceptors (Lipinski definition) is 4. The monoisotopic (exact) mass is 357 g/mol. The first-order valence-electron chi connectivity index (χ1n) is 8.60. The Morgan fingerprint density at radius 1 is 1.20 bits per heavy atom. The fourth-order valence-corrected chi connectivity index (χ4v) is 3.81. The minimum absolute atomic E-state index is 0.695. The van der Waals surface area contributed by atoms with Gasteiger partial charge < -0.3 is 9.80 Å². The van der Waals surface area contributed by atoms with Crippen molar-refractivity contribution in [2.45, 2.75) is 20.5 Å². The molecule has 0 radical (unpaired) electrons. The molecule has 0 unspecified atom stereocenters. The van der Waals surface area contributed by atoms with Gasteiger partial charge in [-0.15, -0.1) is 5.10 Å². The first kappa shape index (κ1) is 16.2. The average molecular weight is 357 g/mol. The number of fused-ring (bicyclic) bond motifs is 1. The van der Waals surface area contributed by atoms with Gasteiger partial charge in [-0.3, -0.25) is 4.40 Å². The van der Waals surface area contributed by atoms with Crippen LogP contribution in [0.4, 0.5) is 5.69 Å². The molecular formula is C17H23N7S+2. The lowest BCUT2D eigenvalue weighted by atomic mass is 10.3. The maximum atomic E-state index is 5.62. The maximum Gasteiger partial charge on any atom is 0.254 e. The molecule has 0 atom stereocenters. The predicted molar refractivity (Wildman–Crippen MR) is 97.2 cm³/mol. The van der Waals surface area contributed by atoms with Crippen LogP contribution < -0.4 is 14.8 Å². The normalized spacial score (nSPS) is 15.8. The number of aryl methyl sites for hydroxylation is 2. The van der Waals surface area contributed by atoms with E-state index in [1.807, 2.05) is 41.4 Å². The number of hydrogen-bond donors (Lipinski definition) is 1. The van der Waals surface area contributed by atoms with Gasteiger partial charge >= 0.3 is 0 Å². The van der Waals surface area contributed by atoms with Crippen molar-refractivity contribution in [1.29, 1.82) is 0 Å². The molecule has 0 bridgehead atoms. The van der Waals surface area contributed by atoms with Crippen molar-refractivity contribution in [3.8, 4) is 0 Å². The third kappa shape index (κ3) is 3.14. The van der Waals surface area contributed by atoms with Crippen LogP contribution in [0.15, 0.2) is 30.6 Å². The van der Waals surface area contributed by atoms with Crippen LogP contribution in [0.5, 0.6) is 0 Å². The molecule has 7 nitrogen and oxygen atoms in total. The lowest BCUT2D eigenvalue weighted by Gasteiger charge is -2.33. The molecule has 2 N–H and O–H groups in total. The van der Waals surface area contributed by atoms with E-state index >= 15 is 0 Å². The fraction of sp³-hybridized carbons (Fsp3) is 0.412. The molecule has 0 spiro atoms. The molecule has 0 amide bonds. The molecule has 1 aliphatic heterocycles. The molecule has 0 aromatic carbocycles. The van der Waals surface area contributed by atoms with Gasteiger partial charge in [0, 0.05) is 29.2 Å². The summed E-state index contributed by atoms with van der Waals surface area (Å²) in [7, 11) is 0. The zero-order valence-electron chi connectivity index (χ0n) is 14.6. The standard InChI is InChI=1S/C17H21N7S/c1-13-11-14(2)24-16(19-13)20-23(17(24)25)12-21-7-9-22(10-8-21)15-3-5-18-6-4-15/h3-6,11H,7-10,12H2,1-2H3/p+2. The Bertz CT molecular complexity index is 939. The van der Waals surface area contributed by atoms with Gasteiger partial charge in [-0.2, -0.15) is 4.68 Å². The Morgan fingerprint density at radius 3 is 2.64 bits per heavy atom. The highest BCUT2D eigenvalue weighted by atomic mass is 32.1. The molecule has 130 valence electrons. The highest BCUT2D eigenvalue weighted by Crippen LogP contribution is 2.10. The van der Waals surface area contributed by atoms with E-state index in [2.05, 4.69) is 32.1 Å². The van der Waals surface area contributed by atoms with E-state index in [1.165, 1.54) is 10.6 Å². The summed E-state index contributed by atoms with van der Waals surface area (Å²) < 4.78 is 4.61. The molecule has 25 heavy (non-hydrogen) atoms. The highest BCUT2D eigenvalue weighted by molar-refractivity contribution is 7.71. The summed E-state index contributed by atoms with van der Waals surface area (Å²) in [5, 5.41) is 4.63. The molecule has 3 aromatic heterocycles. The number of anilines is 1. The van der Waals surface area contributed by atoms with E-state index in [-0.39, 0.29) is 0 Å². The van der Waals surface area contributed by atoms with Crippen molar-refractivity contribution < 1.29 is 9.88 Å². The van der Waals surface area contributed by atoms with Crippen LogP contribution in [0, 0.1) is 18.6 Å². The van der Waals surface area contributed by atoms with Gasteiger partial charge in [0.05, 0.1) is 26.2 Å². The number of nitrogens with zero attached hydrogens (tertiary/aromatic N) is 5. The number of quaternary nitrogens is 1. The number of rotatable bonds is 3. The topological polar surface area (TPSA) is 56.9 Å². The number of pyridine rings is 1. The van der Waals surface area contributed by atoms with E-state index in [9.17, 15) is 0 Å². The Kier molecular flexibility index (Phi) is 4.22. The van der Waals surface area contributed by atoms with Crippen LogP contribution >= 0.6 is 12.2 Å². The number of aromatic amines is 1. The van der Waals surface area contributed by atoms with Crippen molar-refractivity contribution in [1.82, 2.24) is 19.2 Å².